The van der Waals surface area contributed by atoms with Crippen LogP contribution >= 0.6 is 0 Å². The molecule has 1 aromatic carbocycles. The standard InChI is InChI=1S/C12H12FN3O2/c1-8-14-7-16(15-8)11-6-9(2-4-10(11)13)3-5-12(17)18/h2,4,6-7H,3,5H2,1H3,(H,17,18). The topological polar surface area (TPSA) is 68.0 Å². The van der Waals surface area contributed by atoms with E-state index in [-0.39, 0.29) is 12.1 Å². The lowest BCUT2D eigenvalue weighted by molar-refractivity contribution is -0.136. The third kappa shape index (κ3) is 2.71. The molecule has 18 heavy (non-hydrogen) atoms. The zero-order valence-corrected chi connectivity index (χ0v) is 9.80. The molecule has 1 aromatic heterocycles. The second-order valence-corrected chi connectivity index (χ2v) is 3.92. The van der Waals surface area contributed by atoms with Crippen molar-refractivity contribution in [2.24, 2.45) is 0 Å². The molecule has 94 valence electrons. The third-order valence-electron chi connectivity index (χ3n) is 2.49. The second-order valence-electron chi connectivity index (χ2n) is 3.92. The number of hydrogen-bond acceptors (Lipinski definition) is 3. The molecule has 2 aromatic rings. The first-order chi connectivity index (χ1) is 8.56. The van der Waals surface area contributed by atoms with E-state index in [4.69, 9.17) is 5.11 Å². The molecular formula is C12H12FN3O2. The fourth-order valence-corrected chi connectivity index (χ4v) is 1.60. The molecule has 0 spiro atoms. The van der Waals surface area contributed by atoms with Crippen molar-refractivity contribution < 1.29 is 14.3 Å². The number of aromatic nitrogens is 3. The van der Waals surface area contributed by atoms with Gasteiger partial charge in [0, 0.05) is 6.42 Å². The van der Waals surface area contributed by atoms with Crippen molar-refractivity contribution in [3.63, 3.8) is 0 Å². The largest absolute Gasteiger partial charge is 0.481 e. The van der Waals surface area contributed by atoms with Crippen LogP contribution in [0.25, 0.3) is 5.69 Å². The zero-order chi connectivity index (χ0) is 13.1. The summed E-state index contributed by atoms with van der Waals surface area (Å²) in [5.41, 5.74) is 1.03. The number of aliphatic carboxylic acids is 1. The number of carbonyl (C=O) groups is 1. The van der Waals surface area contributed by atoms with Crippen molar-refractivity contribution in [2.75, 3.05) is 0 Å². The van der Waals surface area contributed by atoms with Crippen molar-refractivity contribution in [3.05, 3.63) is 41.7 Å². The SMILES string of the molecule is Cc1ncn(-c2cc(CCC(=O)O)ccc2F)n1. The van der Waals surface area contributed by atoms with E-state index in [1.807, 2.05) is 0 Å². The van der Waals surface area contributed by atoms with E-state index < -0.39 is 11.8 Å². The lowest BCUT2D eigenvalue weighted by atomic mass is 10.1. The normalized spacial score (nSPS) is 10.6. The maximum Gasteiger partial charge on any atom is 0.303 e. The Morgan fingerprint density at radius 3 is 2.89 bits per heavy atom. The molecular weight excluding hydrogens is 237 g/mol. The summed E-state index contributed by atoms with van der Waals surface area (Å²) in [6.07, 6.45) is 1.80. The molecule has 0 unspecified atom stereocenters. The van der Waals surface area contributed by atoms with Crippen LogP contribution in [0.4, 0.5) is 4.39 Å². The van der Waals surface area contributed by atoms with Crippen LogP contribution in [0.5, 0.6) is 0 Å². The summed E-state index contributed by atoms with van der Waals surface area (Å²) < 4.78 is 15.0. The fraction of sp³-hybridized carbons (Fsp3) is 0.250. The Morgan fingerprint density at radius 1 is 1.50 bits per heavy atom. The van der Waals surface area contributed by atoms with Gasteiger partial charge in [-0.15, -0.1) is 0 Å². The van der Waals surface area contributed by atoms with Gasteiger partial charge in [-0.1, -0.05) is 6.07 Å². The van der Waals surface area contributed by atoms with E-state index >= 15 is 0 Å². The van der Waals surface area contributed by atoms with Crippen molar-refractivity contribution in [1.82, 2.24) is 14.8 Å². The number of rotatable bonds is 4. The lowest BCUT2D eigenvalue weighted by Crippen LogP contribution is -2.02. The summed E-state index contributed by atoms with van der Waals surface area (Å²) in [7, 11) is 0. The minimum Gasteiger partial charge on any atom is -0.481 e. The number of carboxylic acid groups (broad SMARTS) is 1. The Morgan fingerprint density at radius 2 is 2.28 bits per heavy atom. The van der Waals surface area contributed by atoms with E-state index in [0.717, 1.165) is 5.56 Å². The van der Waals surface area contributed by atoms with Crippen LogP contribution in [0, 0.1) is 12.7 Å². The van der Waals surface area contributed by atoms with Gasteiger partial charge in [-0.3, -0.25) is 4.79 Å². The van der Waals surface area contributed by atoms with Gasteiger partial charge in [-0.25, -0.2) is 14.1 Å². The summed E-state index contributed by atoms with van der Waals surface area (Å²) in [6, 6.07) is 4.47. The maximum absolute atomic E-state index is 13.7. The number of aryl methyl sites for hydroxylation is 2. The molecule has 0 aliphatic rings. The molecule has 0 saturated carbocycles. The Labute approximate surface area is 103 Å². The molecule has 0 atom stereocenters. The molecule has 1 heterocycles. The Balaban J connectivity index is 2.29. The van der Waals surface area contributed by atoms with E-state index in [1.165, 1.54) is 17.1 Å². The smallest absolute Gasteiger partial charge is 0.303 e. The van der Waals surface area contributed by atoms with E-state index in [1.54, 1.807) is 19.1 Å². The first kappa shape index (κ1) is 12.2. The average Bonchev–Trinajstić information content (AvgIpc) is 2.74. The number of nitrogens with zero attached hydrogens (tertiary/aromatic N) is 3. The van der Waals surface area contributed by atoms with Crippen molar-refractivity contribution in [3.8, 4) is 5.69 Å². The van der Waals surface area contributed by atoms with Crippen LogP contribution in [0.1, 0.15) is 17.8 Å². The summed E-state index contributed by atoms with van der Waals surface area (Å²) in [4.78, 5) is 14.4. The summed E-state index contributed by atoms with van der Waals surface area (Å²) >= 11 is 0. The Hall–Kier alpha value is -2.24. The van der Waals surface area contributed by atoms with Gasteiger partial charge in [0.25, 0.3) is 0 Å². The highest BCUT2D eigenvalue weighted by Gasteiger charge is 2.08. The highest BCUT2D eigenvalue weighted by atomic mass is 19.1. The average molecular weight is 249 g/mol. The quantitative estimate of drug-likeness (QED) is 0.896. The minimum absolute atomic E-state index is 0.0153. The number of hydrogen-bond donors (Lipinski definition) is 1. The molecule has 0 fully saturated rings. The Kier molecular flexibility index (Phi) is 3.36. The molecule has 1 N–H and O–H groups in total. The van der Waals surface area contributed by atoms with Gasteiger partial charge >= 0.3 is 5.97 Å². The zero-order valence-electron chi connectivity index (χ0n) is 9.80. The Bertz CT molecular complexity index is 580. The molecule has 0 saturated heterocycles. The van der Waals surface area contributed by atoms with Crippen LogP contribution in [0.15, 0.2) is 24.5 Å². The predicted octanol–water partition coefficient (Wildman–Crippen LogP) is 1.73. The molecule has 0 aliphatic carbocycles. The first-order valence-electron chi connectivity index (χ1n) is 5.45. The van der Waals surface area contributed by atoms with Crippen molar-refractivity contribution in [1.29, 1.82) is 0 Å². The molecule has 0 aliphatic heterocycles. The lowest BCUT2D eigenvalue weighted by Gasteiger charge is -2.05. The van der Waals surface area contributed by atoms with Gasteiger partial charge in [0.15, 0.2) is 0 Å². The number of carboxylic acids is 1. The molecule has 6 heteroatoms. The van der Waals surface area contributed by atoms with Crippen LogP contribution in [0.2, 0.25) is 0 Å². The molecule has 5 nitrogen and oxygen atoms in total. The third-order valence-corrected chi connectivity index (χ3v) is 2.49. The summed E-state index contributed by atoms with van der Waals surface area (Å²) in [6.45, 7) is 1.71. The van der Waals surface area contributed by atoms with Crippen LogP contribution in [-0.4, -0.2) is 25.8 Å². The van der Waals surface area contributed by atoms with E-state index in [2.05, 4.69) is 10.1 Å². The number of benzene rings is 1. The van der Waals surface area contributed by atoms with Crippen LogP contribution in [-0.2, 0) is 11.2 Å². The maximum atomic E-state index is 13.7. The summed E-state index contributed by atoms with van der Waals surface area (Å²) in [5.74, 6) is -0.748. The molecule has 0 bridgehead atoms. The van der Waals surface area contributed by atoms with Crippen LogP contribution < -0.4 is 0 Å². The van der Waals surface area contributed by atoms with E-state index in [9.17, 15) is 9.18 Å². The second kappa shape index (κ2) is 4.95. The highest BCUT2D eigenvalue weighted by Crippen LogP contribution is 2.15. The summed E-state index contributed by atoms with van der Waals surface area (Å²) in [5, 5.41) is 12.6. The predicted molar refractivity (Wildman–Crippen MR) is 62.0 cm³/mol. The van der Waals surface area contributed by atoms with Gasteiger partial charge in [0.1, 0.15) is 23.7 Å². The number of halogens is 1. The monoisotopic (exact) mass is 249 g/mol. The van der Waals surface area contributed by atoms with Crippen molar-refractivity contribution in [2.45, 2.75) is 19.8 Å². The van der Waals surface area contributed by atoms with Gasteiger partial charge in [-0.2, -0.15) is 5.10 Å². The van der Waals surface area contributed by atoms with Gasteiger partial charge < -0.3 is 5.11 Å². The van der Waals surface area contributed by atoms with Gasteiger partial charge in [-0.05, 0) is 31.0 Å². The van der Waals surface area contributed by atoms with Crippen LogP contribution in [0.3, 0.4) is 0 Å². The molecule has 0 amide bonds. The van der Waals surface area contributed by atoms with Gasteiger partial charge in [0.05, 0.1) is 0 Å². The minimum atomic E-state index is -0.877. The fourth-order valence-electron chi connectivity index (χ4n) is 1.60. The van der Waals surface area contributed by atoms with Crippen molar-refractivity contribution >= 4 is 5.97 Å². The molecule has 0 radical (unpaired) electrons. The van der Waals surface area contributed by atoms with Gasteiger partial charge in [0.2, 0.25) is 0 Å². The first-order valence-corrected chi connectivity index (χ1v) is 5.45. The van der Waals surface area contributed by atoms with E-state index in [0.29, 0.717) is 12.2 Å². The highest BCUT2D eigenvalue weighted by molar-refractivity contribution is 5.67. The molecule has 2 rings (SSSR count).